The highest BCUT2D eigenvalue weighted by Gasteiger charge is 2.51. The summed E-state index contributed by atoms with van der Waals surface area (Å²) in [6, 6.07) is 0. The normalized spacial score (nSPS) is 55.2. The molecule has 0 aromatic rings. The smallest absolute Gasteiger partial charge is 0.0199 e. The molecule has 0 spiro atoms. The Morgan fingerprint density at radius 1 is 0.524 bits per heavy atom. The van der Waals surface area contributed by atoms with Gasteiger partial charge < -0.3 is 0 Å². The molecule has 0 saturated heterocycles. The minimum atomic E-state index is 0.980. The summed E-state index contributed by atoms with van der Waals surface area (Å²) in [4.78, 5) is 0. The van der Waals surface area contributed by atoms with Crippen molar-refractivity contribution < 1.29 is 0 Å². The summed E-state index contributed by atoms with van der Waals surface area (Å²) >= 11 is 0. The molecule has 116 valence electrons. The molecule has 5 aliphatic rings. The van der Waals surface area contributed by atoms with Crippen LogP contribution < -0.4 is 0 Å². The van der Waals surface area contributed by atoms with Gasteiger partial charge in [0.1, 0.15) is 0 Å². The summed E-state index contributed by atoms with van der Waals surface area (Å²) in [7, 11) is 0. The summed E-state index contributed by atoms with van der Waals surface area (Å²) in [6.07, 6.45) is 22.3. The number of fused-ring (bicyclic) bond motifs is 7. The first-order chi connectivity index (χ1) is 10.4. The zero-order valence-corrected chi connectivity index (χ0v) is 13.6. The Balaban J connectivity index is 1.38. The lowest BCUT2D eigenvalue weighted by molar-refractivity contribution is -0.0634. The maximum atomic E-state index is 2.57. The molecule has 0 aromatic carbocycles. The number of hydrogen-bond acceptors (Lipinski definition) is 0. The Bertz CT molecular complexity index is 422. The molecule has 8 unspecified atom stereocenters. The molecular formula is C21H32. The third-order valence-corrected chi connectivity index (χ3v) is 8.60. The van der Waals surface area contributed by atoms with Crippen LogP contribution >= 0.6 is 0 Å². The van der Waals surface area contributed by atoms with E-state index in [1.54, 1.807) is 57.8 Å². The van der Waals surface area contributed by atoms with E-state index in [1.165, 1.54) is 12.8 Å². The van der Waals surface area contributed by atoms with Gasteiger partial charge in [-0.1, -0.05) is 31.4 Å². The Hall–Kier alpha value is -0.260. The zero-order valence-electron chi connectivity index (χ0n) is 13.6. The molecule has 8 atom stereocenters. The largest absolute Gasteiger partial charge is 0.0879 e. The maximum absolute atomic E-state index is 2.57. The summed E-state index contributed by atoms with van der Waals surface area (Å²) in [5.74, 6) is 8.87. The minimum absolute atomic E-state index is 0.980. The molecule has 0 amide bonds. The van der Waals surface area contributed by atoms with Crippen LogP contribution in [0.2, 0.25) is 0 Å². The molecule has 0 radical (unpaired) electrons. The summed E-state index contributed by atoms with van der Waals surface area (Å²) in [5.41, 5.74) is 0. The average molecular weight is 284 g/mol. The minimum Gasteiger partial charge on any atom is -0.0879 e. The number of rotatable bonds is 0. The third-order valence-electron chi connectivity index (χ3n) is 8.60. The monoisotopic (exact) mass is 284 g/mol. The Morgan fingerprint density at radius 2 is 1.19 bits per heavy atom. The molecular weight excluding hydrogens is 252 g/mol. The van der Waals surface area contributed by atoms with Crippen LogP contribution in [0.1, 0.15) is 70.6 Å². The van der Waals surface area contributed by atoms with Gasteiger partial charge in [-0.3, -0.25) is 0 Å². The van der Waals surface area contributed by atoms with Crippen molar-refractivity contribution in [3.8, 4) is 0 Å². The standard InChI is InChI=1S/C21H32/c1-2-6-16-14(4-1)8-10-20-18(16)12-13-19-17-7-3-5-15(17)9-11-21(19)20/h3,5,14-21H,1-2,4,6-13H2. The predicted octanol–water partition coefficient (Wildman–Crippen LogP) is 5.83. The summed E-state index contributed by atoms with van der Waals surface area (Å²) in [6.45, 7) is 0. The molecule has 4 saturated carbocycles. The van der Waals surface area contributed by atoms with Crippen molar-refractivity contribution in [3.05, 3.63) is 12.2 Å². The molecule has 0 nitrogen and oxygen atoms in total. The third kappa shape index (κ3) is 2.00. The van der Waals surface area contributed by atoms with E-state index in [2.05, 4.69) is 12.2 Å². The molecule has 4 fully saturated rings. The van der Waals surface area contributed by atoms with Crippen LogP contribution in [0.15, 0.2) is 12.2 Å². The van der Waals surface area contributed by atoms with Gasteiger partial charge in [0, 0.05) is 0 Å². The first-order valence-electron chi connectivity index (χ1n) is 10.1. The number of allylic oxidation sites excluding steroid dienone is 2. The molecule has 0 heterocycles. The fourth-order valence-electron chi connectivity index (χ4n) is 7.85. The van der Waals surface area contributed by atoms with Crippen molar-refractivity contribution in [2.75, 3.05) is 0 Å². The predicted molar refractivity (Wildman–Crippen MR) is 87.8 cm³/mol. The van der Waals surface area contributed by atoms with Crippen molar-refractivity contribution in [1.82, 2.24) is 0 Å². The fraction of sp³-hybridized carbons (Fsp3) is 0.905. The quantitative estimate of drug-likeness (QED) is 0.491. The van der Waals surface area contributed by atoms with E-state index in [0.29, 0.717) is 0 Å². The van der Waals surface area contributed by atoms with Crippen LogP contribution in [0.3, 0.4) is 0 Å². The maximum Gasteiger partial charge on any atom is -0.0199 e. The Kier molecular flexibility index (Phi) is 3.23. The van der Waals surface area contributed by atoms with E-state index in [-0.39, 0.29) is 0 Å². The average Bonchev–Trinajstić information content (AvgIpc) is 3.03. The zero-order chi connectivity index (χ0) is 13.8. The molecule has 5 rings (SSSR count). The highest BCUT2D eigenvalue weighted by molar-refractivity contribution is 5.09. The van der Waals surface area contributed by atoms with Gasteiger partial charge in [-0.15, -0.1) is 0 Å². The number of hydrogen-bond donors (Lipinski definition) is 0. The van der Waals surface area contributed by atoms with Gasteiger partial charge in [0.25, 0.3) is 0 Å². The lowest BCUT2D eigenvalue weighted by atomic mass is 9.49. The highest BCUT2D eigenvalue weighted by atomic mass is 14.6. The lowest BCUT2D eigenvalue weighted by Gasteiger charge is -2.56. The van der Waals surface area contributed by atoms with Crippen molar-refractivity contribution in [2.24, 2.45) is 47.3 Å². The molecule has 5 aliphatic carbocycles. The van der Waals surface area contributed by atoms with Crippen molar-refractivity contribution in [2.45, 2.75) is 70.6 Å². The molecule has 0 N–H and O–H groups in total. The first-order valence-corrected chi connectivity index (χ1v) is 10.1. The van der Waals surface area contributed by atoms with E-state index in [0.717, 1.165) is 47.3 Å². The molecule has 0 aromatic heterocycles. The van der Waals surface area contributed by atoms with Crippen molar-refractivity contribution in [1.29, 1.82) is 0 Å². The van der Waals surface area contributed by atoms with Gasteiger partial charge in [-0.05, 0) is 98.7 Å². The first kappa shape index (κ1) is 13.2. The van der Waals surface area contributed by atoms with Gasteiger partial charge in [-0.2, -0.15) is 0 Å². The van der Waals surface area contributed by atoms with Crippen LogP contribution in [0.25, 0.3) is 0 Å². The van der Waals surface area contributed by atoms with E-state index in [1.807, 2.05) is 0 Å². The second-order valence-electron chi connectivity index (χ2n) is 9.09. The van der Waals surface area contributed by atoms with Gasteiger partial charge in [-0.25, -0.2) is 0 Å². The van der Waals surface area contributed by atoms with Crippen molar-refractivity contribution >= 4 is 0 Å². The molecule has 21 heavy (non-hydrogen) atoms. The SMILES string of the molecule is C1=CC2CCC3C(CCC4C5CCCCC5CCC43)C2C1. The van der Waals surface area contributed by atoms with Crippen LogP contribution in [0.4, 0.5) is 0 Å². The van der Waals surface area contributed by atoms with E-state index in [9.17, 15) is 0 Å². The van der Waals surface area contributed by atoms with Gasteiger partial charge >= 0.3 is 0 Å². The van der Waals surface area contributed by atoms with Crippen LogP contribution in [-0.4, -0.2) is 0 Å². The van der Waals surface area contributed by atoms with E-state index < -0.39 is 0 Å². The second kappa shape index (κ2) is 5.14. The van der Waals surface area contributed by atoms with Gasteiger partial charge in [0.15, 0.2) is 0 Å². The van der Waals surface area contributed by atoms with E-state index in [4.69, 9.17) is 0 Å². The van der Waals surface area contributed by atoms with Crippen LogP contribution in [0.5, 0.6) is 0 Å². The van der Waals surface area contributed by atoms with Crippen molar-refractivity contribution in [3.63, 3.8) is 0 Å². The Morgan fingerprint density at radius 3 is 2.10 bits per heavy atom. The lowest BCUT2D eigenvalue weighted by Crippen LogP contribution is -2.48. The summed E-state index contributed by atoms with van der Waals surface area (Å²) < 4.78 is 0. The van der Waals surface area contributed by atoms with Crippen LogP contribution in [-0.2, 0) is 0 Å². The summed E-state index contributed by atoms with van der Waals surface area (Å²) in [5, 5.41) is 0. The van der Waals surface area contributed by atoms with E-state index >= 15 is 0 Å². The molecule has 0 bridgehead atoms. The van der Waals surface area contributed by atoms with Crippen LogP contribution in [0, 0.1) is 47.3 Å². The molecule has 0 aliphatic heterocycles. The fourth-order valence-corrected chi connectivity index (χ4v) is 7.85. The Labute approximate surface area is 130 Å². The van der Waals surface area contributed by atoms with Gasteiger partial charge in [0.05, 0.1) is 0 Å². The van der Waals surface area contributed by atoms with Gasteiger partial charge in [0.2, 0.25) is 0 Å². The highest BCUT2D eigenvalue weighted by Crippen LogP contribution is 2.60. The topological polar surface area (TPSA) is 0 Å². The second-order valence-corrected chi connectivity index (χ2v) is 9.09. The molecule has 0 heteroatoms.